The zero-order valence-corrected chi connectivity index (χ0v) is 7.21. The molecule has 2 nitrogen and oxygen atoms in total. The molecule has 0 amide bonds. The van der Waals surface area contributed by atoms with Gasteiger partial charge in [-0.05, 0) is 11.6 Å². The molecule has 0 N–H and O–H groups in total. The van der Waals surface area contributed by atoms with Crippen molar-refractivity contribution < 1.29 is 17.9 Å². The maximum Gasteiger partial charge on any atom is 0.433 e. The van der Waals surface area contributed by atoms with Crippen LogP contribution in [0.5, 0.6) is 0 Å². The minimum Gasteiger partial charge on any atom is -0.373 e. The molecule has 14 heavy (non-hydrogen) atoms. The summed E-state index contributed by atoms with van der Waals surface area (Å²) in [6, 6.07) is 2.95. The van der Waals surface area contributed by atoms with Crippen LogP contribution in [0.1, 0.15) is 11.3 Å². The van der Waals surface area contributed by atoms with Crippen molar-refractivity contribution in [3.05, 3.63) is 29.6 Å². The summed E-state index contributed by atoms with van der Waals surface area (Å²) in [6.07, 6.45) is -2.98. The molecule has 1 aliphatic heterocycles. The summed E-state index contributed by atoms with van der Waals surface area (Å²) < 4.78 is 42.1. The SMILES string of the molecule is FC(F)(F)c1ncccc1CC1CO1. The van der Waals surface area contributed by atoms with Crippen LogP contribution in [0.15, 0.2) is 18.3 Å². The zero-order valence-electron chi connectivity index (χ0n) is 7.21. The second-order valence-electron chi connectivity index (χ2n) is 3.17. The van der Waals surface area contributed by atoms with Gasteiger partial charge in [0.05, 0.1) is 12.7 Å². The molecule has 1 atom stereocenters. The van der Waals surface area contributed by atoms with Gasteiger partial charge in [0.15, 0.2) is 0 Å². The van der Waals surface area contributed by atoms with Crippen molar-refractivity contribution in [2.24, 2.45) is 0 Å². The molecule has 0 aliphatic carbocycles. The fourth-order valence-electron chi connectivity index (χ4n) is 1.29. The normalized spacial score (nSPS) is 20.9. The molecule has 1 aliphatic rings. The number of rotatable bonds is 2. The van der Waals surface area contributed by atoms with Gasteiger partial charge in [-0.2, -0.15) is 13.2 Å². The predicted octanol–water partition coefficient (Wildman–Crippen LogP) is 2.04. The fraction of sp³-hybridized carbons (Fsp3) is 0.444. The topological polar surface area (TPSA) is 25.4 Å². The van der Waals surface area contributed by atoms with Gasteiger partial charge in [-0.3, -0.25) is 4.98 Å². The van der Waals surface area contributed by atoms with Gasteiger partial charge in [-0.25, -0.2) is 0 Å². The molecule has 1 aromatic heterocycles. The Bertz CT molecular complexity index is 333. The molecular weight excluding hydrogens is 195 g/mol. The molecule has 0 aromatic carbocycles. The Morgan fingerprint density at radius 2 is 2.21 bits per heavy atom. The number of aromatic nitrogens is 1. The summed E-state index contributed by atoms with van der Waals surface area (Å²) in [5, 5.41) is 0. The minimum atomic E-state index is -4.37. The van der Waals surface area contributed by atoms with Crippen molar-refractivity contribution in [3.63, 3.8) is 0 Å². The first-order valence-corrected chi connectivity index (χ1v) is 4.20. The Labute approximate surface area is 78.7 Å². The van der Waals surface area contributed by atoms with Crippen molar-refractivity contribution >= 4 is 0 Å². The highest BCUT2D eigenvalue weighted by Crippen LogP contribution is 2.31. The summed E-state index contributed by atoms with van der Waals surface area (Å²) >= 11 is 0. The van der Waals surface area contributed by atoms with E-state index in [-0.39, 0.29) is 11.7 Å². The highest BCUT2D eigenvalue weighted by atomic mass is 19.4. The number of hydrogen-bond acceptors (Lipinski definition) is 2. The summed E-state index contributed by atoms with van der Waals surface area (Å²) in [5.74, 6) is 0. The van der Waals surface area contributed by atoms with E-state index >= 15 is 0 Å². The summed E-state index contributed by atoms with van der Waals surface area (Å²) in [7, 11) is 0. The molecule has 2 rings (SSSR count). The second-order valence-corrected chi connectivity index (χ2v) is 3.17. The van der Waals surface area contributed by atoms with Gasteiger partial charge in [0, 0.05) is 12.6 Å². The maximum atomic E-state index is 12.4. The van der Waals surface area contributed by atoms with Gasteiger partial charge in [-0.1, -0.05) is 6.07 Å². The number of ether oxygens (including phenoxy) is 1. The smallest absolute Gasteiger partial charge is 0.373 e. The molecule has 2 heterocycles. The van der Waals surface area contributed by atoms with Crippen molar-refractivity contribution in [1.82, 2.24) is 4.98 Å². The first kappa shape index (κ1) is 9.45. The monoisotopic (exact) mass is 203 g/mol. The van der Waals surface area contributed by atoms with Crippen molar-refractivity contribution in [2.45, 2.75) is 18.7 Å². The number of epoxide rings is 1. The van der Waals surface area contributed by atoms with Crippen LogP contribution >= 0.6 is 0 Å². The molecule has 1 saturated heterocycles. The quantitative estimate of drug-likeness (QED) is 0.687. The van der Waals surface area contributed by atoms with E-state index in [2.05, 4.69) is 4.98 Å². The summed E-state index contributed by atoms with van der Waals surface area (Å²) in [5.41, 5.74) is -0.585. The van der Waals surface area contributed by atoms with Gasteiger partial charge in [-0.15, -0.1) is 0 Å². The van der Waals surface area contributed by atoms with Crippen LogP contribution < -0.4 is 0 Å². The summed E-state index contributed by atoms with van der Waals surface area (Å²) in [4.78, 5) is 3.35. The number of pyridine rings is 1. The number of alkyl halides is 3. The van der Waals surface area contributed by atoms with E-state index in [1.807, 2.05) is 0 Å². The van der Waals surface area contributed by atoms with E-state index in [9.17, 15) is 13.2 Å². The lowest BCUT2D eigenvalue weighted by Gasteiger charge is -2.09. The average Bonchev–Trinajstić information content (AvgIpc) is 2.87. The van der Waals surface area contributed by atoms with Crippen LogP contribution in [0, 0.1) is 0 Å². The highest BCUT2D eigenvalue weighted by molar-refractivity contribution is 5.23. The molecule has 1 unspecified atom stereocenters. The fourth-order valence-corrected chi connectivity index (χ4v) is 1.29. The molecule has 0 spiro atoms. The lowest BCUT2D eigenvalue weighted by Crippen LogP contribution is -2.12. The summed E-state index contributed by atoms with van der Waals surface area (Å²) in [6.45, 7) is 0.548. The number of hydrogen-bond donors (Lipinski definition) is 0. The first-order chi connectivity index (χ1) is 6.57. The Hall–Kier alpha value is -1.10. The van der Waals surface area contributed by atoms with E-state index < -0.39 is 11.9 Å². The number of nitrogens with zero attached hydrogens (tertiary/aromatic N) is 1. The van der Waals surface area contributed by atoms with Crippen LogP contribution in [-0.4, -0.2) is 17.7 Å². The third kappa shape index (κ3) is 2.04. The molecule has 1 fully saturated rings. The van der Waals surface area contributed by atoms with Gasteiger partial charge in [0.25, 0.3) is 0 Å². The van der Waals surface area contributed by atoms with Crippen LogP contribution in [0.2, 0.25) is 0 Å². The zero-order chi connectivity index (χ0) is 10.2. The predicted molar refractivity (Wildman–Crippen MR) is 42.7 cm³/mol. The van der Waals surface area contributed by atoms with Gasteiger partial charge < -0.3 is 4.74 Å². The number of halogens is 3. The first-order valence-electron chi connectivity index (χ1n) is 4.20. The lowest BCUT2D eigenvalue weighted by molar-refractivity contribution is -0.141. The van der Waals surface area contributed by atoms with E-state index in [4.69, 9.17) is 4.74 Å². The van der Waals surface area contributed by atoms with E-state index in [1.165, 1.54) is 12.1 Å². The van der Waals surface area contributed by atoms with Gasteiger partial charge in [0.2, 0.25) is 0 Å². The molecule has 5 heteroatoms. The molecule has 76 valence electrons. The highest BCUT2D eigenvalue weighted by Gasteiger charge is 2.36. The Morgan fingerprint density at radius 3 is 2.79 bits per heavy atom. The molecule has 0 radical (unpaired) electrons. The van der Waals surface area contributed by atoms with Crippen molar-refractivity contribution in [3.8, 4) is 0 Å². The van der Waals surface area contributed by atoms with Crippen molar-refractivity contribution in [1.29, 1.82) is 0 Å². The van der Waals surface area contributed by atoms with Gasteiger partial charge >= 0.3 is 6.18 Å². The maximum absolute atomic E-state index is 12.4. The van der Waals surface area contributed by atoms with E-state index in [0.717, 1.165) is 6.20 Å². The Morgan fingerprint density at radius 1 is 1.50 bits per heavy atom. The Kier molecular flexibility index (Phi) is 2.19. The van der Waals surface area contributed by atoms with E-state index in [1.54, 1.807) is 0 Å². The van der Waals surface area contributed by atoms with Crippen LogP contribution in [0.4, 0.5) is 13.2 Å². The second kappa shape index (κ2) is 3.24. The van der Waals surface area contributed by atoms with Crippen LogP contribution in [0.3, 0.4) is 0 Å². The molecular formula is C9H8F3NO. The molecule has 0 saturated carbocycles. The lowest BCUT2D eigenvalue weighted by atomic mass is 10.1. The standard InChI is InChI=1S/C9H8F3NO/c10-9(11,12)8-6(2-1-3-13-8)4-7-5-14-7/h1-3,7H,4-5H2. The van der Waals surface area contributed by atoms with Crippen LogP contribution in [-0.2, 0) is 17.3 Å². The van der Waals surface area contributed by atoms with Crippen LogP contribution in [0.25, 0.3) is 0 Å². The minimum absolute atomic E-state index is 0.0553. The largest absolute Gasteiger partial charge is 0.433 e. The third-order valence-corrected chi connectivity index (χ3v) is 2.01. The molecule has 1 aromatic rings. The van der Waals surface area contributed by atoms with Gasteiger partial charge in [0.1, 0.15) is 5.69 Å². The van der Waals surface area contributed by atoms with Crippen molar-refractivity contribution in [2.75, 3.05) is 6.61 Å². The average molecular weight is 203 g/mol. The third-order valence-electron chi connectivity index (χ3n) is 2.01. The Balaban J connectivity index is 2.27. The van der Waals surface area contributed by atoms with E-state index in [0.29, 0.717) is 13.0 Å². The molecule has 0 bridgehead atoms.